The Balaban J connectivity index is 0.718. The summed E-state index contributed by atoms with van der Waals surface area (Å²) in [5, 5.41) is 17.8. The van der Waals surface area contributed by atoms with E-state index in [9.17, 15) is 14.7 Å². The Bertz CT molecular complexity index is 2800. The number of imide groups is 1. The minimum Gasteiger partial charge on any atom is -0.508 e. The second kappa shape index (κ2) is 18.5. The van der Waals surface area contributed by atoms with E-state index in [-0.39, 0.29) is 51.3 Å². The van der Waals surface area contributed by atoms with E-state index in [1.807, 2.05) is 0 Å². The van der Waals surface area contributed by atoms with E-state index >= 15 is 8.78 Å². The molecule has 0 radical (unpaired) electrons. The minimum atomic E-state index is -0.712. The first-order valence-electron chi connectivity index (χ1n) is 25.2. The number of fused-ring (bicyclic) bond motifs is 4. The van der Waals surface area contributed by atoms with Crippen LogP contribution in [0.1, 0.15) is 112 Å². The lowest BCUT2D eigenvalue weighted by atomic mass is 9.59. The minimum absolute atomic E-state index is 0.00382. The maximum absolute atomic E-state index is 17.1. The van der Waals surface area contributed by atoms with Crippen LogP contribution >= 0.6 is 0 Å². The summed E-state index contributed by atoms with van der Waals surface area (Å²) < 4.78 is 38.7. The van der Waals surface area contributed by atoms with Crippen LogP contribution in [0.4, 0.5) is 14.6 Å². The molecule has 3 N–H and O–H groups in total. The van der Waals surface area contributed by atoms with Crippen molar-refractivity contribution >= 4 is 39.8 Å². The van der Waals surface area contributed by atoms with Gasteiger partial charge in [0, 0.05) is 66.7 Å². The maximum Gasteiger partial charge on any atom is 0.319 e. The summed E-state index contributed by atoms with van der Waals surface area (Å²) in [6, 6.07) is 16.0. The number of ether oxygens (including phenoxy) is 1. The molecular weight excluding hydrogens is 875 g/mol. The highest BCUT2D eigenvalue weighted by Crippen LogP contribution is 2.53. The molecule has 3 atom stereocenters. The number of piperazine rings is 1. The van der Waals surface area contributed by atoms with Crippen LogP contribution in [0.15, 0.2) is 54.7 Å². The van der Waals surface area contributed by atoms with Gasteiger partial charge in [-0.1, -0.05) is 43.2 Å². The number of aromatic hydroxyl groups is 1. The molecule has 2 aromatic heterocycles. The molecule has 2 saturated carbocycles. The normalized spacial score (nSPS) is 22.9. The second-order valence-electron chi connectivity index (χ2n) is 21.4. The van der Waals surface area contributed by atoms with Crippen molar-refractivity contribution in [3.8, 4) is 35.4 Å². The number of nitrogens with one attached hydrogen (secondary N) is 2. The van der Waals surface area contributed by atoms with Gasteiger partial charge in [0.15, 0.2) is 5.82 Å². The number of piperidine rings is 2. The highest BCUT2D eigenvalue weighted by Gasteiger charge is 2.50. The number of halogens is 2. The average Bonchev–Trinajstić information content (AvgIpc) is 4.04. The summed E-state index contributed by atoms with van der Waals surface area (Å²) in [5.74, 6) is 2.18. The topological polar surface area (TPSA) is 136 Å². The number of carbonyl (C=O) groups is 2. The molecule has 360 valence electrons. The van der Waals surface area contributed by atoms with Crippen molar-refractivity contribution < 1.29 is 28.2 Å². The van der Waals surface area contributed by atoms with Crippen LogP contribution in [0, 0.1) is 34.8 Å². The maximum atomic E-state index is 17.1. The lowest BCUT2D eigenvalue weighted by molar-refractivity contribution is -0.125. The molecule has 3 aromatic carbocycles. The number of aromatic nitrogens is 3. The average molecular weight is 937 g/mol. The molecule has 69 heavy (non-hydrogen) atoms. The number of hydrogen-bond donors (Lipinski definition) is 3. The Morgan fingerprint density at radius 2 is 1.74 bits per heavy atom. The van der Waals surface area contributed by atoms with Gasteiger partial charge in [-0.3, -0.25) is 19.9 Å². The third-order valence-electron chi connectivity index (χ3n) is 16.9. The number of phenols is 1. The Kier molecular flexibility index (Phi) is 12.3. The number of phenolic OH excluding ortho intramolecular Hbond substituents is 1. The first-order chi connectivity index (χ1) is 33.5. The predicted molar refractivity (Wildman–Crippen MR) is 262 cm³/mol. The van der Waals surface area contributed by atoms with Gasteiger partial charge in [0.2, 0.25) is 12.3 Å². The Morgan fingerprint density at radius 3 is 2.43 bits per heavy atom. The van der Waals surface area contributed by atoms with Gasteiger partial charge in [-0.05, 0) is 149 Å². The molecule has 14 heteroatoms. The monoisotopic (exact) mass is 936 g/mol. The number of carbonyl (C=O) groups excluding carboxylic acids is 2. The van der Waals surface area contributed by atoms with Crippen LogP contribution < -0.4 is 20.3 Å². The van der Waals surface area contributed by atoms with Gasteiger partial charge >= 0.3 is 6.01 Å². The highest BCUT2D eigenvalue weighted by atomic mass is 19.1. The van der Waals surface area contributed by atoms with Crippen molar-refractivity contribution in [1.82, 2.24) is 35.4 Å². The van der Waals surface area contributed by atoms with Crippen LogP contribution in [0.25, 0.3) is 32.9 Å². The fourth-order valence-corrected chi connectivity index (χ4v) is 12.6. The number of pyridine rings is 1. The first kappa shape index (κ1) is 45.7. The summed E-state index contributed by atoms with van der Waals surface area (Å²) in [5.41, 5.74) is 3.22. The molecule has 4 saturated heterocycles. The molecule has 2 amide bonds. The summed E-state index contributed by atoms with van der Waals surface area (Å²) >= 11 is 0. The molecule has 2 aliphatic carbocycles. The van der Waals surface area contributed by atoms with Gasteiger partial charge in [-0.25, -0.2) is 8.78 Å². The third-order valence-corrected chi connectivity index (χ3v) is 16.9. The lowest BCUT2D eigenvalue weighted by Gasteiger charge is -2.56. The van der Waals surface area contributed by atoms with Crippen molar-refractivity contribution in [2.45, 2.75) is 114 Å². The second-order valence-corrected chi connectivity index (χ2v) is 21.4. The van der Waals surface area contributed by atoms with E-state index in [2.05, 4.69) is 67.4 Å². The molecule has 5 aromatic rings. The smallest absolute Gasteiger partial charge is 0.319 e. The SMILES string of the molecule is C#Cc1c(F)ccc2cc(O)cc(-c3ncc4c(N5CC6CCC(C5)N6)nc(OCC5(CN6CCC7(CC6)CC(N6CCC(c8ccc(C(C)CCC(=O)NC=O)cc8)CC6)C7)CC5)nc4c3F)c12. The standard InChI is InChI=1S/C55H62F2N8O4/c1-3-43-46(56)12-9-38-24-42(67)25-44(48(38)43)50-49(57)51-45(28-58-50)52(65-29-39-10-11-40(30-65)60-39)62-53(61-51)69-32-55(16-17-55)31-63-22-18-54(19-23-63)26-41(27-54)64-20-14-37(15-21-64)36-7-5-35(6-8-36)34(2)4-13-47(68)59-33-66/h1,5-9,12,24-25,28,33-34,37,39-41,60,67H,4,10-11,13-23,26-27,29-32H2,2H3,(H,59,66,68). The lowest BCUT2D eigenvalue weighted by Crippen LogP contribution is -2.56. The van der Waals surface area contributed by atoms with E-state index in [1.54, 1.807) is 6.20 Å². The zero-order valence-corrected chi connectivity index (χ0v) is 39.5. The zero-order valence-electron chi connectivity index (χ0n) is 39.5. The van der Waals surface area contributed by atoms with Crippen LogP contribution in [0.5, 0.6) is 11.8 Å². The summed E-state index contributed by atoms with van der Waals surface area (Å²) in [7, 11) is 0. The summed E-state index contributed by atoms with van der Waals surface area (Å²) in [4.78, 5) is 44.2. The molecule has 6 heterocycles. The van der Waals surface area contributed by atoms with Gasteiger partial charge in [0.25, 0.3) is 0 Å². The Morgan fingerprint density at radius 1 is 1.00 bits per heavy atom. The molecule has 6 aliphatic rings. The highest BCUT2D eigenvalue weighted by molar-refractivity contribution is 6.03. The third kappa shape index (κ3) is 9.14. The van der Waals surface area contributed by atoms with Crippen molar-refractivity contribution in [3.63, 3.8) is 0 Å². The number of terminal acetylenes is 1. The molecule has 6 fully saturated rings. The van der Waals surface area contributed by atoms with E-state index in [4.69, 9.17) is 21.1 Å². The fraction of sp³-hybridized carbons (Fsp3) is 0.509. The molecular formula is C55H62F2N8O4. The first-order valence-corrected chi connectivity index (χ1v) is 25.2. The molecule has 4 aliphatic heterocycles. The van der Waals surface area contributed by atoms with Crippen LogP contribution in [-0.4, -0.2) is 113 Å². The fourth-order valence-electron chi connectivity index (χ4n) is 12.6. The number of rotatable bonds is 14. The van der Waals surface area contributed by atoms with Gasteiger partial charge in [0.05, 0.1) is 17.6 Å². The number of hydrogen-bond acceptors (Lipinski definition) is 11. The van der Waals surface area contributed by atoms with Crippen molar-refractivity contribution in [2.75, 3.05) is 57.3 Å². The van der Waals surface area contributed by atoms with E-state index in [0.717, 1.165) is 71.5 Å². The number of likely N-dealkylation sites (tertiary alicyclic amines) is 2. The molecule has 2 bridgehead atoms. The van der Waals surface area contributed by atoms with Crippen LogP contribution in [-0.2, 0) is 9.59 Å². The van der Waals surface area contributed by atoms with Gasteiger partial charge < -0.3 is 29.9 Å². The predicted octanol–water partition coefficient (Wildman–Crippen LogP) is 8.19. The van der Waals surface area contributed by atoms with Crippen LogP contribution in [0.3, 0.4) is 0 Å². The zero-order chi connectivity index (χ0) is 47.4. The summed E-state index contributed by atoms with van der Waals surface area (Å²) in [6.45, 7) is 9.47. The Labute approximate surface area is 402 Å². The number of amides is 2. The van der Waals surface area contributed by atoms with E-state index < -0.39 is 11.6 Å². The van der Waals surface area contributed by atoms with Crippen molar-refractivity contribution in [2.24, 2.45) is 10.8 Å². The molecule has 1 spiro atoms. The number of anilines is 1. The van der Waals surface area contributed by atoms with Crippen molar-refractivity contribution in [1.29, 1.82) is 0 Å². The largest absolute Gasteiger partial charge is 0.508 e. The molecule has 3 unspecified atom stereocenters. The number of nitrogens with zero attached hydrogens (tertiary/aromatic N) is 6. The number of benzene rings is 3. The van der Waals surface area contributed by atoms with E-state index in [0.29, 0.717) is 77.3 Å². The van der Waals surface area contributed by atoms with E-state index in [1.165, 1.54) is 73.9 Å². The Hall–Kier alpha value is -5.75. The molecule has 12 nitrogen and oxygen atoms in total. The van der Waals surface area contributed by atoms with Gasteiger partial charge in [-0.2, -0.15) is 9.97 Å². The van der Waals surface area contributed by atoms with Gasteiger partial charge in [0.1, 0.15) is 28.6 Å². The van der Waals surface area contributed by atoms with Crippen molar-refractivity contribution in [3.05, 3.63) is 83.1 Å². The van der Waals surface area contributed by atoms with Crippen LogP contribution in [0.2, 0.25) is 0 Å². The quantitative estimate of drug-likeness (QED) is 0.0735. The molecule has 11 rings (SSSR count). The summed E-state index contributed by atoms with van der Waals surface area (Å²) in [6.07, 6.45) is 20.5. The van der Waals surface area contributed by atoms with Gasteiger partial charge in [-0.15, -0.1) is 6.42 Å².